The highest BCUT2D eigenvalue weighted by molar-refractivity contribution is 5.39. The molecule has 0 fully saturated rings. The van der Waals surface area contributed by atoms with E-state index in [1.165, 1.54) is 11.1 Å². The maximum Gasteiger partial charge on any atom is 0.122 e. The highest BCUT2D eigenvalue weighted by Crippen LogP contribution is 2.25. The van der Waals surface area contributed by atoms with E-state index >= 15 is 0 Å². The number of fused-ring (bicyclic) bond motifs is 1. The minimum absolute atomic E-state index is 0.446. The van der Waals surface area contributed by atoms with Crippen molar-refractivity contribution in [1.82, 2.24) is 10.6 Å². The van der Waals surface area contributed by atoms with Crippen LogP contribution in [0, 0.1) is 0 Å². The maximum absolute atomic E-state index is 5.51. The average molecular weight is 264 g/mol. The van der Waals surface area contributed by atoms with Crippen LogP contribution in [-0.4, -0.2) is 39.5 Å². The molecule has 1 aliphatic rings. The molecule has 0 saturated carbocycles. The summed E-state index contributed by atoms with van der Waals surface area (Å²) in [7, 11) is 1.72. The predicted molar refractivity (Wildman–Crippen MR) is 76.7 cm³/mol. The van der Waals surface area contributed by atoms with Crippen molar-refractivity contribution in [3.8, 4) is 5.75 Å². The molecule has 0 radical (unpaired) electrons. The van der Waals surface area contributed by atoms with Gasteiger partial charge in [0.15, 0.2) is 0 Å². The molecule has 0 bridgehead atoms. The van der Waals surface area contributed by atoms with Gasteiger partial charge in [-0.15, -0.1) is 0 Å². The molecule has 106 valence electrons. The quantitative estimate of drug-likeness (QED) is 0.695. The molecule has 1 aliphatic heterocycles. The summed E-state index contributed by atoms with van der Waals surface area (Å²) in [5.74, 6) is 1.05. The van der Waals surface area contributed by atoms with E-state index in [4.69, 9.17) is 9.47 Å². The summed E-state index contributed by atoms with van der Waals surface area (Å²) in [6, 6.07) is 6.92. The molecular formula is C15H24N2O2. The summed E-state index contributed by atoms with van der Waals surface area (Å²) in [5, 5.41) is 6.88. The topological polar surface area (TPSA) is 42.5 Å². The normalized spacial score (nSPS) is 15.1. The fraction of sp³-hybridized carbons (Fsp3) is 0.600. The van der Waals surface area contributed by atoms with Crippen LogP contribution < -0.4 is 15.4 Å². The Labute approximate surface area is 115 Å². The molecule has 1 atom stereocenters. The van der Waals surface area contributed by atoms with Gasteiger partial charge in [-0.05, 0) is 24.1 Å². The molecule has 1 aromatic rings. The number of benzene rings is 1. The molecular weight excluding hydrogens is 240 g/mol. The Balaban J connectivity index is 1.70. The molecule has 4 nitrogen and oxygen atoms in total. The van der Waals surface area contributed by atoms with E-state index in [1.807, 2.05) is 0 Å². The van der Waals surface area contributed by atoms with Crippen molar-refractivity contribution >= 4 is 0 Å². The summed E-state index contributed by atoms with van der Waals surface area (Å²) in [4.78, 5) is 0. The third-order valence-electron chi connectivity index (χ3n) is 3.34. The highest BCUT2D eigenvalue weighted by Gasteiger charge is 2.12. The second-order valence-electron chi connectivity index (χ2n) is 5.02. The van der Waals surface area contributed by atoms with E-state index in [0.29, 0.717) is 6.04 Å². The van der Waals surface area contributed by atoms with Gasteiger partial charge in [0.05, 0.1) is 13.2 Å². The molecule has 4 heteroatoms. The molecule has 1 heterocycles. The number of nitrogens with one attached hydrogen (secondary N) is 2. The van der Waals surface area contributed by atoms with Gasteiger partial charge in [-0.1, -0.05) is 12.1 Å². The van der Waals surface area contributed by atoms with E-state index in [0.717, 1.165) is 45.0 Å². The largest absolute Gasteiger partial charge is 0.493 e. The van der Waals surface area contributed by atoms with Gasteiger partial charge in [0.25, 0.3) is 0 Å². The number of hydrogen-bond donors (Lipinski definition) is 2. The van der Waals surface area contributed by atoms with E-state index in [1.54, 1.807) is 7.11 Å². The van der Waals surface area contributed by atoms with Crippen molar-refractivity contribution < 1.29 is 9.47 Å². The Morgan fingerprint density at radius 3 is 3.16 bits per heavy atom. The van der Waals surface area contributed by atoms with E-state index in [2.05, 4.69) is 35.8 Å². The van der Waals surface area contributed by atoms with Crippen molar-refractivity contribution in [3.05, 3.63) is 29.3 Å². The second-order valence-corrected chi connectivity index (χ2v) is 5.02. The van der Waals surface area contributed by atoms with Crippen LogP contribution in [0.5, 0.6) is 5.75 Å². The highest BCUT2D eigenvalue weighted by atomic mass is 16.5. The van der Waals surface area contributed by atoms with Crippen LogP contribution in [0.15, 0.2) is 18.2 Å². The van der Waals surface area contributed by atoms with Crippen molar-refractivity contribution in [2.24, 2.45) is 0 Å². The standard InChI is InChI=1S/C15H24N2O2/c1-12(10-16-6-8-18-2)17-11-13-3-4-15-14(9-13)5-7-19-15/h3-4,9,12,16-17H,5-8,10-11H2,1-2H3. The Morgan fingerprint density at radius 1 is 1.42 bits per heavy atom. The van der Waals surface area contributed by atoms with Crippen LogP contribution in [0.25, 0.3) is 0 Å². The first kappa shape index (κ1) is 14.3. The molecule has 2 rings (SSSR count). The fourth-order valence-corrected chi connectivity index (χ4v) is 2.21. The molecule has 19 heavy (non-hydrogen) atoms. The van der Waals surface area contributed by atoms with Gasteiger partial charge >= 0.3 is 0 Å². The number of ether oxygens (including phenoxy) is 2. The average Bonchev–Trinajstić information content (AvgIpc) is 2.89. The monoisotopic (exact) mass is 264 g/mol. The van der Waals surface area contributed by atoms with Gasteiger partial charge in [-0.3, -0.25) is 0 Å². The van der Waals surface area contributed by atoms with Crippen LogP contribution in [0.1, 0.15) is 18.1 Å². The smallest absolute Gasteiger partial charge is 0.122 e. The Morgan fingerprint density at radius 2 is 2.32 bits per heavy atom. The van der Waals surface area contributed by atoms with Gasteiger partial charge in [0, 0.05) is 39.2 Å². The fourth-order valence-electron chi connectivity index (χ4n) is 2.21. The van der Waals surface area contributed by atoms with Crippen molar-refractivity contribution in [2.45, 2.75) is 25.9 Å². The van der Waals surface area contributed by atoms with Crippen molar-refractivity contribution in [3.63, 3.8) is 0 Å². The lowest BCUT2D eigenvalue weighted by molar-refractivity contribution is 0.198. The first-order chi connectivity index (χ1) is 9.29. The van der Waals surface area contributed by atoms with E-state index in [9.17, 15) is 0 Å². The Kier molecular flexibility index (Phi) is 5.63. The molecule has 0 saturated heterocycles. The minimum atomic E-state index is 0.446. The van der Waals surface area contributed by atoms with Crippen LogP contribution in [0.2, 0.25) is 0 Å². The molecule has 0 amide bonds. The first-order valence-electron chi connectivity index (χ1n) is 6.97. The van der Waals surface area contributed by atoms with Crippen LogP contribution >= 0.6 is 0 Å². The zero-order chi connectivity index (χ0) is 13.5. The molecule has 0 spiro atoms. The number of methoxy groups -OCH3 is 1. The predicted octanol–water partition coefficient (Wildman–Crippen LogP) is 1.34. The van der Waals surface area contributed by atoms with Gasteiger partial charge in [0.2, 0.25) is 0 Å². The summed E-state index contributed by atoms with van der Waals surface area (Å²) >= 11 is 0. The molecule has 2 N–H and O–H groups in total. The van der Waals surface area contributed by atoms with Gasteiger partial charge < -0.3 is 20.1 Å². The number of rotatable bonds is 8. The number of hydrogen-bond acceptors (Lipinski definition) is 4. The zero-order valence-corrected chi connectivity index (χ0v) is 11.9. The lowest BCUT2D eigenvalue weighted by atomic mass is 10.1. The Hall–Kier alpha value is -1.10. The van der Waals surface area contributed by atoms with Gasteiger partial charge in [-0.25, -0.2) is 0 Å². The van der Waals surface area contributed by atoms with Gasteiger partial charge in [0.1, 0.15) is 5.75 Å². The lowest BCUT2D eigenvalue weighted by Gasteiger charge is -2.15. The summed E-state index contributed by atoms with van der Waals surface area (Å²) in [5.41, 5.74) is 2.66. The molecule has 0 aromatic heterocycles. The van der Waals surface area contributed by atoms with Crippen LogP contribution in [0.3, 0.4) is 0 Å². The van der Waals surface area contributed by atoms with Crippen LogP contribution in [-0.2, 0) is 17.7 Å². The molecule has 1 aromatic carbocycles. The SMILES string of the molecule is COCCNCC(C)NCc1ccc2c(c1)CCO2. The van der Waals surface area contributed by atoms with E-state index in [-0.39, 0.29) is 0 Å². The third-order valence-corrected chi connectivity index (χ3v) is 3.34. The zero-order valence-electron chi connectivity index (χ0n) is 11.9. The third kappa shape index (κ3) is 4.49. The second kappa shape index (κ2) is 7.48. The molecule has 0 aliphatic carbocycles. The Bertz CT molecular complexity index is 396. The summed E-state index contributed by atoms with van der Waals surface area (Å²) in [6.45, 7) is 6.54. The van der Waals surface area contributed by atoms with Crippen molar-refractivity contribution in [1.29, 1.82) is 0 Å². The maximum atomic E-state index is 5.51. The summed E-state index contributed by atoms with van der Waals surface area (Å²) in [6.07, 6.45) is 1.04. The van der Waals surface area contributed by atoms with Crippen molar-refractivity contribution in [2.75, 3.05) is 33.4 Å². The van der Waals surface area contributed by atoms with E-state index < -0.39 is 0 Å². The van der Waals surface area contributed by atoms with Crippen LogP contribution in [0.4, 0.5) is 0 Å². The molecule has 1 unspecified atom stereocenters. The first-order valence-corrected chi connectivity index (χ1v) is 6.97. The lowest BCUT2D eigenvalue weighted by Crippen LogP contribution is -2.37. The summed E-state index contributed by atoms with van der Waals surface area (Å²) < 4.78 is 10.5. The van der Waals surface area contributed by atoms with Gasteiger partial charge in [-0.2, -0.15) is 0 Å². The minimum Gasteiger partial charge on any atom is -0.493 e.